The van der Waals surface area contributed by atoms with E-state index in [1.807, 2.05) is 54.6 Å². The Hall–Kier alpha value is -3.11. The Bertz CT molecular complexity index is 925. The van der Waals surface area contributed by atoms with Crippen molar-refractivity contribution in [2.45, 2.75) is 12.0 Å². The molecule has 1 N–H and O–H groups in total. The number of ether oxygens (including phenoxy) is 1. The number of nitrogens with zero attached hydrogens (tertiary/aromatic N) is 1. The van der Waals surface area contributed by atoms with Crippen LogP contribution in [0.15, 0.2) is 78.9 Å². The van der Waals surface area contributed by atoms with Crippen LogP contribution in [0.25, 0.3) is 11.1 Å². The molecule has 0 heterocycles. The van der Waals surface area contributed by atoms with E-state index in [0.717, 1.165) is 5.56 Å². The molecule has 0 fully saturated rings. The summed E-state index contributed by atoms with van der Waals surface area (Å²) in [6, 6.07) is 25.8. The molecule has 1 amide bonds. The quantitative estimate of drug-likeness (QED) is 0.711. The van der Waals surface area contributed by atoms with Crippen LogP contribution in [0, 0.1) is 0 Å². The third kappa shape index (κ3) is 3.51. The first-order valence-corrected chi connectivity index (χ1v) is 9.44. The summed E-state index contributed by atoms with van der Waals surface area (Å²) in [7, 11) is 1.64. The number of hydrogen-bond donors (Lipinski definition) is 1. The van der Waals surface area contributed by atoms with Gasteiger partial charge in [0, 0.05) is 13.0 Å². The van der Waals surface area contributed by atoms with Crippen molar-refractivity contribution in [3.63, 3.8) is 0 Å². The van der Waals surface area contributed by atoms with Gasteiger partial charge in [-0.3, -0.25) is 0 Å². The number of carbonyl (C=O) groups is 1. The lowest BCUT2D eigenvalue weighted by Gasteiger charge is -2.22. The molecule has 0 saturated heterocycles. The van der Waals surface area contributed by atoms with Crippen molar-refractivity contribution in [3.05, 3.63) is 95.6 Å². The van der Waals surface area contributed by atoms with Gasteiger partial charge in [0.25, 0.3) is 0 Å². The summed E-state index contributed by atoms with van der Waals surface area (Å²) in [6.45, 7) is 0.458. The van der Waals surface area contributed by atoms with Crippen molar-refractivity contribution >= 4 is 6.09 Å². The maximum Gasteiger partial charge on any atom is 0.409 e. The van der Waals surface area contributed by atoms with Crippen molar-refractivity contribution in [1.82, 2.24) is 4.90 Å². The Morgan fingerprint density at radius 2 is 1.46 bits per heavy atom. The Kier molecular flexibility index (Phi) is 5.13. The van der Waals surface area contributed by atoms with E-state index in [9.17, 15) is 9.90 Å². The van der Waals surface area contributed by atoms with Crippen LogP contribution in [0.5, 0.6) is 0 Å². The monoisotopic (exact) mass is 373 g/mol. The molecule has 28 heavy (non-hydrogen) atoms. The molecule has 4 heteroatoms. The van der Waals surface area contributed by atoms with Gasteiger partial charge in [0.1, 0.15) is 6.61 Å². The SMILES string of the molecule is CN(CC(O)c1ccccc1)C(=O)OCC1c2ccccc2-c2ccccc21. The van der Waals surface area contributed by atoms with Crippen LogP contribution in [0.1, 0.15) is 28.7 Å². The van der Waals surface area contributed by atoms with Gasteiger partial charge in [-0.15, -0.1) is 0 Å². The molecule has 0 radical (unpaired) electrons. The van der Waals surface area contributed by atoms with Crippen LogP contribution >= 0.6 is 0 Å². The van der Waals surface area contributed by atoms with Crippen LogP contribution in [-0.2, 0) is 4.74 Å². The predicted octanol–water partition coefficient (Wildman–Crippen LogP) is 4.60. The number of hydrogen-bond acceptors (Lipinski definition) is 3. The average molecular weight is 373 g/mol. The zero-order valence-electron chi connectivity index (χ0n) is 15.8. The number of carbonyl (C=O) groups excluding carboxylic acids is 1. The van der Waals surface area contributed by atoms with E-state index in [-0.39, 0.29) is 19.1 Å². The molecule has 142 valence electrons. The summed E-state index contributed by atoms with van der Waals surface area (Å²) < 4.78 is 5.61. The Labute approximate surface area is 165 Å². The molecule has 0 saturated carbocycles. The standard InChI is InChI=1S/C24H23NO3/c1-25(15-23(26)17-9-3-2-4-10-17)24(27)28-16-22-20-13-7-5-11-18(20)19-12-6-8-14-21(19)22/h2-14,22-23,26H,15-16H2,1H3. The molecule has 0 aliphatic heterocycles. The summed E-state index contributed by atoms with van der Waals surface area (Å²) in [5.41, 5.74) is 5.55. The van der Waals surface area contributed by atoms with Gasteiger partial charge < -0.3 is 14.7 Å². The smallest absolute Gasteiger partial charge is 0.409 e. The van der Waals surface area contributed by atoms with E-state index >= 15 is 0 Å². The van der Waals surface area contributed by atoms with E-state index in [0.29, 0.717) is 0 Å². The summed E-state index contributed by atoms with van der Waals surface area (Å²) in [5, 5.41) is 10.3. The fourth-order valence-corrected chi connectivity index (χ4v) is 3.82. The highest BCUT2D eigenvalue weighted by Crippen LogP contribution is 2.44. The number of fused-ring (bicyclic) bond motifs is 3. The summed E-state index contributed by atoms with van der Waals surface area (Å²) in [4.78, 5) is 13.9. The van der Waals surface area contributed by atoms with Gasteiger partial charge in [-0.2, -0.15) is 0 Å². The van der Waals surface area contributed by atoms with Gasteiger partial charge in [-0.25, -0.2) is 4.79 Å². The second kappa shape index (κ2) is 7.87. The normalized spacial score (nSPS) is 13.5. The van der Waals surface area contributed by atoms with E-state index in [1.165, 1.54) is 27.2 Å². The van der Waals surface area contributed by atoms with E-state index in [2.05, 4.69) is 24.3 Å². The minimum Gasteiger partial charge on any atom is -0.448 e. The highest BCUT2D eigenvalue weighted by atomic mass is 16.6. The van der Waals surface area contributed by atoms with Crippen LogP contribution in [0.4, 0.5) is 4.79 Å². The fourth-order valence-electron chi connectivity index (χ4n) is 3.82. The molecule has 0 spiro atoms. The minimum absolute atomic E-state index is 0.0313. The molecule has 1 aliphatic rings. The maximum absolute atomic E-state index is 12.5. The lowest BCUT2D eigenvalue weighted by molar-refractivity contribution is 0.0814. The van der Waals surface area contributed by atoms with Crippen molar-refractivity contribution in [1.29, 1.82) is 0 Å². The van der Waals surface area contributed by atoms with E-state index in [1.54, 1.807) is 7.05 Å². The van der Waals surface area contributed by atoms with Gasteiger partial charge in [0.15, 0.2) is 0 Å². The molecule has 0 bridgehead atoms. The lowest BCUT2D eigenvalue weighted by atomic mass is 9.98. The van der Waals surface area contributed by atoms with E-state index in [4.69, 9.17) is 4.74 Å². The molecular formula is C24H23NO3. The molecule has 1 aliphatic carbocycles. The van der Waals surface area contributed by atoms with E-state index < -0.39 is 12.2 Å². The number of rotatable bonds is 5. The third-order valence-corrected chi connectivity index (χ3v) is 5.28. The number of likely N-dealkylation sites (N-methyl/N-ethyl adjacent to an activating group) is 1. The molecular weight excluding hydrogens is 350 g/mol. The molecule has 4 nitrogen and oxygen atoms in total. The predicted molar refractivity (Wildman–Crippen MR) is 109 cm³/mol. The zero-order valence-corrected chi connectivity index (χ0v) is 15.8. The lowest BCUT2D eigenvalue weighted by Crippen LogP contribution is -2.32. The first-order chi connectivity index (χ1) is 13.6. The Morgan fingerprint density at radius 3 is 2.07 bits per heavy atom. The topological polar surface area (TPSA) is 49.8 Å². The second-order valence-corrected chi connectivity index (χ2v) is 7.11. The van der Waals surface area contributed by atoms with Crippen molar-refractivity contribution in [2.75, 3.05) is 20.2 Å². The van der Waals surface area contributed by atoms with Crippen LogP contribution in [0.2, 0.25) is 0 Å². The summed E-state index contributed by atoms with van der Waals surface area (Å²) >= 11 is 0. The molecule has 3 aromatic rings. The third-order valence-electron chi connectivity index (χ3n) is 5.28. The van der Waals surface area contributed by atoms with Crippen molar-refractivity contribution in [3.8, 4) is 11.1 Å². The first kappa shape index (κ1) is 18.3. The van der Waals surface area contributed by atoms with Crippen LogP contribution in [-0.4, -0.2) is 36.3 Å². The highest BCUT2D eigenvalue weighted by molar-refractivity contribution is 5.79. The van der Waals surface area contributed by atoms with Crippen LogP contribution in [0.3, 0.4) is 0 Å². The zero-order chi connectivity index (χ0) is 19.5. The summed E-state index contributed by atoms with van der Waals surface area (Å²) in [6.07, 6.45) is -1.18. The fraction of sp³-hybridized carbons (Fsp3) is 0.208. The van der Waals surface area contributed by atoms with Gasteiger partial charge in [-0.1, -0.05) is 78.9 Å². The number of benzene rings is 3. The van der Waals surface area contributed by atoms with Gasteiger partial charge in [0.2, 0.25) is 0 Å². The molecule has 0 aromatic heterocycles. The average Bonchev–Trinajstić information content (AvgIpc) is 3.06. The van der Waals surface area contributed by atoms with Gasteiger partial charge >= 0.3 is 6.09 Å². The van der Waals surface area contributed by atoms with Gasteiger partial charge in [-0.05, 0) is 27.8 Å². The molecule has 1 atom stereocenters. The largest absolute Gasteiger partial charge is 0.448 e. The molecule has 4 rings (SSSR count). The van der Waals surface area contributed by atoms with Crippen molar-refractivity contribution < 1.29 is 14.6 Å². The van der Waals surface area contributed by atoms with Crippen LogP contribution < -0.4 is 0 Å². The number of aliphatic hydroxyl groups excluding tert-OH is 1. The minimum atomic E-state index is -0.744. The second-order valence-electron chi connectivity index (χ2n) is 7.11. The maximum atomic E-state index is 12.5. The molecule has 1 unspecified atom stereocenters. The number of aliphatic hydroxyl groups is 1. The Balaban J connectivity index is 1.42. The molecule has 3 aromatic carbocycles. The van der Waals surface area contributed by atoms with Crippen molar-refractivity contribution in [2.24, 2.45) is 0 Å². The Morgan fingerprint density at radius 1 is 0.929 bits per heavy atom. The van der Waals surface area contributed by atoms with Gasteiger partial charge in [0.05, 0.1) is 12.6 Å². The summed E-state index contributed by atoms with van der Waals surface area (Å²) in [5.74, 6) is 0.0313. The first-order valence-electron chi connectivity index (χ1n) is 9.44. The number of amides is 1. The highest BCUT2D eigenvalue weighted by Gasteiger charge is 2.29.